The first-order valence-electron chi connectivity index (χ1n) is 8.51. The molecular weight excluding hydrogens is 266 g/mol. The van der Waals surface area contributed by atoms with E-state index in [2.05, 4.69) is 11.8 Å². The molecule has 21 heavy (non-hydrogen) atoms. The fourth-order valence-electron chi connectivity index (χ4n) is 3.13. The summed E-state index contributed by atoms with van der Waals surface area (Å²) in [4.78, 5) is 16.8. The number of hydrogen-bond acceptors (Lipinski definition) is 4. The van der Waals surface area contributed by atoms with Crippen molar-refractivity contribution in [2.24, 2.45) is 11.7 Å². The predicted octanol–water partition coefficient (Wildman–Crippen LogP) is 1.07. The van der Waals surface area contributed by atoms with E-state index in [0.29, 0.717) is 30.9 Å². The highest BCUT2D eigenvalue weighted by molar-refractivity contribution is 5.76. The van der Waals surface area contributed by atoms with Crippen LogP contribution in [0.1, 0.15) is 39.0 Å². The third kappa shape index (κ3) is 5.57. The minimum atomic E-state index is 0.300. The smallest absolute Gasteiger partial charge is 0.222 e. The molecule has 122 valence electrons. The van der Waals surface area contributed by atoms with Crippen LogP contribution in [0.5, 0.6) is 0 Å². The quantitative estimate of drug-likeness (QED) is 0.797. The number of amides is 1. The molecule has 2 aliphatic rings. The van der Waals surface area contributed by atoms with Crippen LogP contribution in [0.3, 0.4) is 0 Å². The molecule has 1 amide bonds. The first-order valence-corrected chi connectivity index (χ1v) is 8.51. The van der Waals surface area contributed by atoms with Crippen molar-refractivity contribution in [2.75, 3.05) is 45.9 Å². The lowest BCUT2D eigenvalue weighted by Crippen LogP contribution is -2.37. The minimum Gasteiger partial charge on any atom is -0.377 e. The molecule has 2 heterocycles. The van der Waals surface area contributed by atoms with Crippen LogP contribution in [0.25, 0.3) is 0 Å². The Hall–Kier alpha value is -0.650. The van der Waals surface area contributed by atoms with Gasteiger partial charge in [-0.3, -0.25) is 9.69 Å². The molecule has 5 nitrogen and oxygen atoms in total. The Balaban J connectivity index is 1.70. The molecule has 0 bridgehead atoms. The van der Waals surface area contributed by atoms with Crippen LogP contribution in [-0.4, -0.2) is 67.7 Å². The Morgan fingerprint density at radius 3 is 2.86 bits per heavy atom. The van der Waals surface area contributed by atoms with E-state index in [0.717, 1.165) is 52.2 Å². The van der Waals surface area contributed by atoms with Crippen LogP contribution >= 0.6 is 0 Å². The first-order chi connectivity index (χ1) is 10.2. The van der Waals surface area contributed by atoms with Gasteiger partial charge in [0.25, 0.3) is 0 Å². The maximum atomic E-state index is 12.3. The summed E-state index contributed by atoms with van der Waals surface area (Å²) in [5.74, 6) is 0.742. The zero-order chi connectivity index (χ0) is 15.1. The molecule has 0 aromatic carbocycles. The van der Waals surface area contributed by atoms with Crippen molar-refractivity contribution in [1.82, 2.24) is 9.80 Å². The second-order valence-corrected chi connectivity index (χ2v) is 6.55. The second-order valence-electron chi connectivity index (χ2n) is 6.55. The number of hydrogen-bond donors (Lipinski definition) is 1. The summed E-state index contributed by atoms with van der Waals surface area (Å²) >= 11 is 0. The summed E-state index contributed by atoms with van der Waals surface area (Å²) in [6, 6.07) is 0. The highest BCUT2D eigenvalue weighted by Crippen LogP contribution is 2.15. The highest BCUT2D eigenvalue weighted by atomic mass is 16.5. The molecule has 0 spiro atoms. The highest BCUT2D eigenvalue weighted by Gasteiger charge is 2.23. The van der Waals surface area contributed by atoms with Crippen LogP contribution in [0.4, 0.5) is 0 Å². The van der Waals surface area contributed by atoms with Gasteiger partial charge in [0.05, 0.1) is 6.10 Å². The summed E-state index contributed by atoms with van der Waals surface area (Å²) in [6.07, 6.45) is 5.43. The van der Waals surface area contributed by atoms with Crippen molar-refractivity contribution in [3.05, 3.63) is 0 Å². The summed E-state index contributed by atoms with van der Waals surface area (Å²) in [7, 11) is 0. The van der Waals surface area contributed by atoms with Gasteiger partial charge in [0, 0.05) is 39.2 Å². The van der Waals surface area contributed by atoms with E-state index in [-0.39, 0.29) is 0 Å². The maximum Gasteiger partial charge on any atom is 0.222 e. The molecule has 2 unspecified atom stereocenters. The third-order valence-electron chi connectivity index (χ3n) is 4.68. The lowest BCUT2D eigenvalue weighted by atomic mass is 10.1. The standard InChI is InChI=1S/C16H31N3O2/c1-14(12-17)5-6-16(20)19-8-3-7-18(9-10-19)13-15-4-2-11-21-15/h14-15H,2-13,17H2,1H3. The van der Waals surface area contributed by atoms with E-state index < -0.39 is 0 Å². The van der Waals surface area contributed by atoms with E-state index in [1.54, 1.807) is 0 Å². The fraction of sp³-hybridized carbons (Fsp3) is 0.938. The van der Waals surface area contributed by atoms with Crippen molar-refractivity contribution in [3.63, 3.8) is 0 Å². The summed E-state index contributed by atoms with van der Waals surface area (Å²) in [5.41, 5.74) is 5.61. The number of nitrogens with two attached hydrogens (primary N) is 1. The Morgan fingerprint density at radius 1 is 1.29 bits per heavy atom. The summed E-state index contributed by atoms with van der Waals surface area (Å²) in [5, 5.41) is 0. The molecular formula is C16H31N3O2. The maximum absolute atomic E-state index is 12.3. The Kier molecular flexibility index (Phi) is 6.93. The van der Waals surface area contributed by atoms with Gasteiger partial charge in [0.15, 0.2) is 0 Å². The van der Waals surface area contributed by atoms with E-state index in [4.69, 9.17) is 10.5 Å². The molecule has 0 radical (unpaired) electrons. The molecule has 5 heteroatoms. The molecule has 2 fully saturated rings. The third-order valence-corrected chi connectivity index (χ3v) is 4.68. The number of nitrogens with zero attached hydrogens (tertiary/aromatic N) is 2. The van der Waals surface area contributed by atoms with Gasteiger partial charge >= 0.3 is 0 Å². The van der Waals surface area contributed by atoms with Gasteiger partial charge in [-0.2, -0.15) is 0 Å². The normalized spacial score (nSPS) is 25.8. The molecule has 0 aromatic heterocycles. The lowest BCUT2D eigenvalue weighted by molar-refractivity contribution is -0.131. The van der Waals surface area contributed by atoms with Gasteiger partial charge in [-0.05, 0) is 44.7 Å². The van der Waals surface area contributed by atoms with Gasteiger partial charge < -0.3 is 15.4 Å². The van der Waals surface area contributed by atoms with Gasteiger partial charge in [-0.15, -0.1) is 0 Å². The Bertz CT molecular complexity index is 319. The van der Waals surface area contributed by atoms with E-state index in [1.165, 1.54) is 12.8 Å². The number of carbonyl (C=O) groups excluding carboxylic acids is 1. The minimum absolute atomic E-state index is 0.300. The van der Waals surface area contributed by atoms with Crippen LogP contribution in [-0.2, 0) is 9.53 Å². The molecule has 0 saturated carbocycles. The molecule has 2 aliphatic heterocycles. The second kappa shape index (κ2) is 8.71. The average Bonchev–Trinajstić information content (AvgIpc) is 2.89. The SMILES string of the molecule is CC(CN)CCC(=O)N1CCCN(CC2CCCO2)CC1. The molecule has 0 aromatic rings. The fourth-order valence-corrected chi connectivity index (χ4v) is 3.13. The first kappa shape index (κ1) is 16.7. The van der Waals surface area contributed by atoms with Crippen LogP contribution in [0.15, 0.2) is 0 Å². The van der Waals surface area contributed by atoms with Crippen LogP contribution in [0.2, 0.25) is 0 Å². The van der Waals surface area contributed by atoms with Gasteiger partial charge in [-0.25, -0.2) is 0 Å². The van der Waals surface area contributed by atoms with Crippen molar-refractivity contribution in [2.45, 2.75) is 45.1 Å². The summed E-state index contributed by atoms with van der Waals surface area (Å²) < 4.78 is 5.71. The monoisotopic (exact) mass is 297 g/mol. The summed E-state index contributed by atoms with van der Waals surface area (Å²) in [6.45, 7) is 8.57. The zero-order valence-electron chi connectivity index (χ0n) is 13.4. The molecule has 0 aliphatic carbocycles. The van der Waals surface area contributed by atoms with Crippen molar-refractivity contribution < 1.29 is 9.53 Å². The van der Waals surface area contributed by atoms with Gasteiger partial charge in [0.2, 0.25) is 5.91 Å². The van der Waals surface area contributed by atoms with Crippen LogP contribution in [0, 0.1) is 5.92 Å². The zero-order valence-corrected chi connectivity index (χ0v) is 13.4. The average molecular weight is 297 g/mol. The van der Waals surface area contributed by atoms with Crippen molar-refractivity contribution in [1.29, 1.82) is 0 Å². The van der Waals surface area contributed by atoms with Crippen LogP contribution < -0.4 is 5.73 Å². The number of rotatable bonds is 6. The van der Waals surface area contributed by atoms with Crippen molar-refractivity contribution in [3.8, 4) is 0 Å². The largest absolute Gasteiger partial charge is 0.377 e. The van der Waals surface area contributed by atoms with E-state index in [9.17, 15) is 4.79 Å². The molecule has 2 atom stereocenters. The lowest BCUT2D eigenvalue weighted by Gasteiger charge is -2.24. The Morgan fingerprint density at radius 2 is 2.14 bits per heavy atom. The molecule has 2 rings (SSSR count). The van der Waals surface area contributed by atoms with Gasteiger partial charge in [-0.1, -0.05) is 6.92 Å². The van der Waals surface area contributed by atoms with Crippen molar-refractivity contribution >= 4 is 5.91 Å². The predicted molar refractivity (Wildman–Crippen MR) is 84.1 cm³/mol. The van der Waals surface area contributed by atoms with E-state index >= 15 is 0 Å². The Labute approximate surface area is 128 Å². The van der Waals surface area contributed by atoms with E-state index in [1.807, 2.05) is 4.90 Å². The number of ether oxygens (including phenoxy) is 1. The molecule has 2 N–H and O–H groups in total. The molecule has 2 saturated heterocycles. The number of carbonyl (C=O) groups is 1. The topological polar surface area (TPSA) is 58.8 Å². The van der Waals surface area contributed by atoms with Gasteiger partial charge in [0.1, 0.15) is 0 Å².